The summed E-state index contributed by atoms with van der Waals surface area (Å²) >= 11 is 2.54. The van der Waals surface area contributed by atoms with Crippen LogP contribution in [-0.2, 0) is 21.4 Å². The standard InChI is InChI=1S/C25H23N7O7S2/c1-31-25(28-29-30-31)41-11-13-10-40-23-18(22(37)32(23)19(13)24(38)39)27-21(36)17(12-6-8-14(33)9-7-12)26-20(35)15-4-2-3-5-16(15)34/h2-9,17-18,23,33-34H,10-11H2,1H3,(H,26,35)(H,27,36)(H,38,39)/t17?,18?,23-/m1/s1. The normalized spacial score (nSPS) is 18.8. The third-order valence-corrected chi connectivity index (χ3v) is 8.85. The molecule has 41 heavy (non-hydrogen) atoms. The summed E-state index contributed by atoms with van der Waals surface area (Å²) in [6.45, 7) is 0. The number of carbonyl (C=O) groups excluding carboxylic acids is 3. The quantitative estimate of drug-likeness (QED) is 0.170. The number of aromatic nitrogens is 4. The summed E-state index contributed by atoms with van der Waals surface area (Å²) in [4.78, 5) is 52.9. The minimum atomic E-state index is -1.29. The molecule has 1 saturated heterocycles. The Bertz CT molecular complexity index is 1560. The molecule has 0 saturated carbocycles. The zero-order valence-corrected chi connectivity index (χ0v) is 22.9. The van der Waals surface area contributed by atoms with Gasteiger partial charge in [0.05, 0.1) is 5.56 Å². The largest absolute Gasteiger partial charge is 0.508 e. The van der Waals surface area contributed by atoms with Crippen LogP contribution in [0.1, 0.15) is 22.0 Å². The molecule has 2 aromatic carbocycles. The van der Waals surface area contributed by atoms with Gasteiger partial charge >= 0.3 is 5.97 Å². The van der Waals surface area contributed by atoms with Gasteiger partial charge in [-0.05, 0) is 45.8 Å². The Hall–Kier alpha value is -4.57. The number of phenolic OH excluding ortho intramolecular Hbond substituents is 2. The number of nitrogens with zero attached hydrogens (tertiary/aromatic N) is 5. The summed E-state index contributed by atoms with van der Waals surface area (Å²) in [6, 6.07) is 9.05. The molecule has 16 heteroatoms. The molecule has 5 rings (SSSR count). The summed E-state index contributed by atoms with van der Waals surface area (Å²) in [5.41, 5.74) is 0.626. The maximum atomic E-state index is 13.5. The molecular formula is C25H23N7O7S2. The fraction of sp³-hybridized carbons (Fsp3) is 0.240. The first-order chi connectivity index (χ1) is 19.7. The lowest BCUT2D eigenvalue weighted by molar-refractivity contribution is -0.151. The van der Waals surface area contributed by atoms with Gasteiger partial charge in [-0.25, -0.2) is 9.48 Å². The number of para-hydroxylation sites is 1. The van der Waals surface area contributed by atoms with Crippen molar-refractivity contribution in [3.63, 3.8) is 0 Å². The molecule has 5 N–H and O–H groups in total. The van der Waals surface area contributed by atoms with Crippen molar-refractivity contribution >= 4 is 47.2 Å². The molecule has 3 atom stereocenters. The Morgan fingerprint density at radius 3 is 2.54 bits per heavy atom. The van der Waals surface area contributed by atoms with E-state index in [9.17, 15) is 34.5 Å². The number of amides is 3. The zero-order chi connectivity index (χ0) is 29.3. The van der Waals surface area contributed by atoms with Gasteiger partial charge in [-0.3, -0.25) is 19.3 Å². The van der Waals surface area contributed by atoms with Crippen LogP contribution in [-0.4, -0.2) is 87.0 Å². The van der Waals surface area contributed by atoms with E-state index >= 15 is 0 Å². The number of aryl methyl sites for hydroxylation is 1. The van der Waals surface area contributed by atoms with Gasteiger partial charge in [0.25, 0.3) is 11.8 Å². The number of benzene rings is 2. The van der Waals surface area contributed by atoms with Crippen molar-refractivity contribution < 1.29 is 34.5 Å². The van der Waals surface area contributed by atoms with E-state index in [-0.39, 0.29) is 28.5 Å². The Morgan fingerprint density at radius 1 is 1.15 bits per heavy atom. The summed E-state index contributed by atoms with van der Waals surface area (Å²) in [7, 11) is 1.66. The second kappa shape index (κ2) is 11.5. The van der Waals surface area contributed by atoms with E-state index in [0.29, 0.717) is 22.0 Å². The lowest BCUT2D eigenvalue weighted by Gasteiger charge is -2.49. The SMILES string of the molecule is Cn1nnnc1SCC1=C(C(=O)O)N2C(=O)C(NC(=O)C(NC(=O)c3ccccc3O)c3ccc(O)cc3)[C@H]2SC1. The van der Waals surface area contributed by atoms with Crippen LogP contribution in [0.4, 0.5) is 0 Å². The number of rotatable bonds is 9. The lowest BCUT2D eigenvalue weighted by Crippen LogP contribution is -2.71. The van der Waals surface area contributed by atoms with Gasteiger partial charge in [-0.15, -0.1) is 16.9 Å². The molecule has 2 unspecified atom stereocenters. The Balaban J connectivity index is 1.34. The number of nitrogens with one attached hydrogen (secondary N) is 2. The Kier molecular flexibility index (Phi) is 7.85. The maximum Gasteiger partial charge on any atom is 0.352 e. The van der Waals surface area contributed by atoms with Gasteiger partial charge in [0.15, 0.2) is 0 Å². The van der Waals surface area contributed by atoms with E-state index in [0.717, 1.165) is 4.90 Å². The summed E-state index contributed by atoms with van der Waals surface area (Å²) < 4.78 is 1.45. The zero-order valence-electron chi connectivity index (χ0n) is 21.3. The highest BCUT2D eigenvalue weighted by Gasteiger charge is 2.54. The lowest BCUT2D eigenvalue weighted by atomic mass is 10.0. The minimum absolute atomic E-state index is 0.0549. The van der Waals surface area contributed by atoms with Gasteiger partial charge in [0, 0.05) is 18.6 Å². The molecule has 2 aliphatic rings. The number of fused-ring (bicyclic) bond motifs is 1. The van der Waals surface area contributed by atoms with Crippen LogP contribution in [0.3, 0.4) is 0 Å². The van der Waals surface area contributed by atoms with E-state index in [1.165, 1.54) is 64.6 Å². The van der Waals surface area contributed by atoms with Gasteiger partial charge in [-0.1, -0.05) is 36.0 Å². The fourth-order valence-electron chi connectivity index (χ4n) is 4.37. The van der Waals surface area contributed by atoms with Crippen molar-refractivity contribution in [1.29, 1.82) is 0 Å². The van der Waals surface area contributed by atoms with Crippen LogP contribution in [0, 0.1) is 0 Å². The molecule has 14 nitrogen and oxygen atoms in total. The van der Waals surface area contributed by atoms with Crippen molar-refractivity contribution in [3.05, 3.63) is 70.9 Å². The summed E-state index contributed by atoms with van der Waals surface area (Å²) in [6.07, 6.45) is 0. The molecule has 0 radical (unpaired) electrons. The third kappa shape index (κ3) is 5.55. The second-order valence-electron chi connectivity index (χ2n) is 9.04. The third-order valence-electron chi connectivity index (χ3n) is 6.42. The van der Waals surface area contributed by atoms with Crippen LogP contribution in [0.5, 0.6) is 11.5 Å². The van der Waals surface area contributed by atoms with Gasteiger partial charge in [-0.2, -0.15) is 0 Å². The number of carboxylic acid groups (broad SMARTS) is 1. The highest BCUT2D eigenvalue weighted by Crippen LogP contribution is 2.41. The van der Waals surface area contributed by atoms with Crippen molar-refractivity contribution in [2.45, 2.75) is 22.6 Å². The molecule has 2 aliphatic heterocycles. The van der Waals surface area contributed by atoms with Crippen molar-refractivity contribution in [2.75, 3.05) is 11.5 Å². The Morgan fingerprint density at radius 2 is 1.88 bits per heavy atom. The van der Waals surface area contributed by atoms with Gasteiger partial charge < -0.3 is 26.0 Å². The molecule has 3 heterocycles. The predicted octanol–water partition coefficient (Wildman–Crippen LogP) is 0.623. The monoisotopic (exact) mass is 597 g/mol. The van der Waals surface area contributed by atoms with E-state index in [2.05, 4.69) is 26.2 Å². The number of hydrogen-bond donors (Lipinski definition) is 5. The molecule has 1 fully saturated rings. The van der Waals surface area contributed by atoms with E-state index in [1.807, 2.05) is 0 Å². The molecule has 0 spiro atoms. The summed E-state index contributed by atoms with van der Waals surface area (Å²) in [5, 5.41) is 45.9. The fourth-order valence-corrected chi connectivity index (χ4v) is 6.70. The molecule has 0 bridgehead atoms. The number of carbonyl (C=O) groups is 4. The van der Waals surface area contributed by atoms with Crippen LogP contribution >= 0.6 is 23.5 Å². The first-order valence-electron chi connectivity index (χ1n) is 12.1. The molecule has 0 aliphatic carbocycles. The summed E-state index contributed by atoms with van der Waals surface area (Å²) in [5.74, 6) is -3.12. The van der Waals surface area contributed by atoms with Crippen molar-refractivity contribution in [3.8, 4) is 11.5 Å². The molecule has 3 amide bonds. The average molecular weight is 598 g/mol. The van der Waals surface area contributed by atoms with Gasteiger partial charge in [0.1, 0.15) is 34.7 Å². The predicted molar refractivity (Wildman–Crippen MR) is 146 cm³/mol. The topological polar surface area (TPSA) is 200 Å². The number of aliphatic carboxylic acids is 1. The van der Waals surface area contributed by atoms with Crippen LogP contribution in [0.25, 0.3) is 0 Å². The number of carboxylic acids is 1. The number of β-lactam (4-membered cyclic amide) rings is 1. The molecule has 3 aromatic rings. The van der Waals surface area contributed by atoms with E-state index in [4.69, 9.17) is 0 Å². The smallest absolute Gasteiger partial charge is 0.352 e. The van der Waals surface area contributed by atoms with Gasteiger partial charge in [0.2, 0.25) is 11.1 Å². The maximum absolute atomic E-state index is 13.5. The molecule has 212 valence electrons. The van der Waals surface area contributed by atoms with E-state index in [1.54, 1.807) is 19.2 Å². The Labute approximate surface area is 240 Å². The molecule has 1 aromatic heterocycles. The first-order valence-corrected chi connectivity index (χ1v) is 14.1. The number of tetrazole rings is 1. The first kappa shape index (κ1) is 28.0. The highest BCUT2D eigenvalue weighted by molar-refractivity contribution is 8.01. The molecular weight excluding hydrogens is 574 g/mol. The van der Waals surface area contributed by atoms with Crippen LogP contribution in [0.2, 0.25) is 0 Å². The number of aromatic hydroxyl groups is 2. The number of hydrogen-bond acceptors (Lipinski definition) is 11. The highest BCUT2D eigenvalue weighted by atomic mass is 32.2. The van der Waals surface area contributed by atoms with Crippen LogP contribution in [0.15, 0.2) is 65.0 Å². The second-order valence-corrected chi connectivity index (χ2v) is 11.1. The van der Waals surface area contributed by atoms with Crippen molar-refractivity contribution in [2.24, 2.45) is 7.05 Å². The average Bonchev–Trinajstić information content (AvgIpc) is 3.37. The van der Waals surface area contributed by atoms with E-state index < -0.39 is 41.1 Å². The minimum Gasteiger partial charge on any atom is -0.508 e. The van der Waals surface area contributed by atoms with Crippen molar-refractivity contribution in [1.82, 2.24) is 35.7 Å². The number of phenols is 2. The van der Waals surface area contributed by atoms with Crippen LogP contribution < -0.4 is 10.6 Å². The number of thioether (sulfide) groups is 2.